The van der Waals surface area contributed by atoms with Crippen LogP contribution in [0.2, 0.25) is 0 Å². The summed E-state index contributed by atoms with van der Waals surface area (Å²) in [6, 6.07) is 17.1. The lowest BCUT2D eigenvalue weighted by atomic mass is 10.3. The highest BCUT2D eigenvalue weighted by Crippen LogP contribution is 2.11. The van der Waals surface area contributed by atoms with Gasteiger partial charge in [-0.25, -0.2) is 4.79 Å². The Labute approximate surface area is 144 Å². The molecule has 0 saturated carbocycles. The number of aromatic amines is 1. The van der Waals surface area contributed by atoms with Gasteiger partial charge < -0.3 is 10.3 Å². The number of rotatable bonds is 7. The Morgan fingerprint density at radius 2 is 1.83 bits per heavy atom. The van der Waals surface area contributed by atoms with Gasteiger partial charge in [0.1, 0.15) is 0 Å². The Morgan fingerprint density at radius 3 is 2.67 bits per heavy atom. The molecule has 0 spiro atoms. The number of H-pyrrole nitrogens is 1. The highest BCUT2D eigenvalue weighted by atomic mass is 32.2. The number of aromatic nitrogens is 2. The second-order valence-electron chi connectivity index (χ2n) is 5.42. The first-order valence-electron chi connectivity index (χ1n) is 7.84. The van der Waals surface area contributed by atoms with E-state index in [1.54, 1.807) is 16.3 Å². The lowest BCUT2D eigenvalue weighted by molar-refractivity contribution is -0.113. The van der Waals surface area contributed by atoms with Crippen LogP contribution >= 0.6 is 11.8 Å². The van der Waals surface area contributed by atoms with Crippen molar-refractivity contribution in [3.05, 3.63) is 65.1 Å². The first kappa shape index (κ1) is 16.4. The van der Waals surface area contributed by atoms with Crippen molar-refractivity contribution in [1.82, 2.24) is 9.55 Å². The normalized spacial score (nSPS) is 10.8. The first-order chi connectivity index (χ1) is 11.7. The predicted octanol–water partition coefficient (Wildman–Crippen LogP) is 3.09. The van der Waals surface area contributed by atoms with E-state index in [1.807, 2.05) is 54.6 Å². The minimum Gasteiger partial charge on any atom is -0.325 e. The van der Waals surface area contributed by atoms with Gasteiger partial charge in [0.25, 0.3) is 0 Å². The molecule has 6 heteroatoms. The van der Waals surface area contributed by atoms with Crippen molar-refractivity contribution in [3.63, 3.8) is 0 Å². The molecule has 1 aromatic heterocycles. The van der Waals surface area contributed by atoms with E-state index in [4.69, 9.17) is 0 Å². The van der Waals surface area contributed by atoms with E-state index in [1.165, 1.54) is 0 Å². The average Bonchev–Trinajstić information content (AvgIpc) is 2.91. The third kappa shape index (κ3) is 4.08. The van der Waals surface area contributed by atoms with Crippen LogP contribution in [-0.4, -0.2) is 27.0 Å². The summed E-state index contributed by atoms with van der Waals surface area (Å²) >= 11 is 1.58. The second kappa shape index (κ2) is 7.88. The number of imidazole rings is 1. The Bertz CT molecular complexity index is 871. The average molecular weight is 341 g/mol. The number of hydrogen-bond acceptors (Lipinski definition) is 3. The molecule has 1 heterocycles. The minimum atomic E-state index is -0.0805. The number of fused-ring (bicyclic) bond motifs is 1. The lowest BCUT2D eigenvalue weighted by Gasteiger charge is -2.05. The number of aryl methyl sites for hydroxylation is 1. The number of carbonyl (C=O) groups is 1. The van der Waals surface area contributed by atoms with Crippen molar-refractivity contribution in [2.24, 2.45) is 0 Å². The number of benzene rings is 2. The van der Waals surface area contributed by atoms with E-state index < -0.39 is 0 Å². The van der Waals surface area contributed by atoms with E-state index in [9.17, 15) is 9.59 Å². The van der Waals surface area contributed by atoms with Crippen LogP contribution in [0.4, 0.5) is 5.69 Å². The fourth-order valence-corrected chi connectivity index (χ4v) is 3.27. The van der Waals surface area contributed by atoms with E-state index in [0.717, 1.165) is 28.9 Å². The van der Waals surface area contributed by atoms with Gasteiger partial charge in [0.2, 0.25) is 5.91 Å². The number of carbonyl (C=O) groups excluding carboxylic acids is 1. The maximum absolute atomic E-state index is 12.0. The molecule has 5 nitrogen and oxygen atoms in total. The SMILES string of the molecule is O=C(CSCCCn1c(=O)[nH]c2ccccc21)Nc1ccccc1. The summed E-state index contributed by atoms with van der Waals surface area (Å²) in [6.07, 6.45) is 0.838. The molecule has 3 aromatic rings. The highest BCUT2D eigenvalue weighted by Gasteiger charge is 2.06. The van der Waals surface area contributed by atoms with Gasteiger partial charge in [0.05, 0.1) is 16.8 Å². The number of para-hydroxylation sites is 3. The second-order valence-corrected chi connectivity index (χ2v) is 6.52. The molecular weight excluding hydrogens is 322 g/mol. The molecule has 0 aliphatic heterocycles. The third-order valence-corrected chi connectivity index (χ3v) is 4.69. The zero-order chi connectivity index (χ0) is 16.8. The summed E-state index contributed by atoms with van der Waals surface area (Å²) < 4.78 is 1.75. The van der Waals surface area contributed by atoms with Crippen LogP contribution in [0.3, 0.4) is 0 Å². The van der Waals surface area contributed by atoms with E-state index >= 15 is 0 Å². The summed E-state index contributed by atoms with van der Waals surface area (Å²) in [7, 11) is 0. The number of anilines is 1. The summed E-state index contributed by atoms with van der Waals surface area (Å²) in [5, 5.41) is 2.86. The Morgan fingerprint density at radius 1 is 1.08 bits per heavy atom. The summed E-state index contributed by atoms with van der Waals surface area (Å²) in [5.41, 5.74) is 2.52. The van der Waals surface area contributed by atoms with Crippen LogP contribution in [0.1, 0.15) is 6.42 Å². The van der Waals surface area contributed by atoms with E-state index in [2.05, 4.69) is 10.3 Å². The fourth-order valence-electron chi connectivity index (χ4n) is 2.54. The quantitative estimate of drug-likeness (QED) is 0.649. The van der Waals surface area contributed by atoms with Gasteiger partial charge in [0.15, 0.2) is 0 Å². The van der Waals surface area contributed by atoms with Crippen molar-refractivity contribution >= 4 is 34.4 Å². The van der Waals surface area contributed by atoms with Crippen LogP contribution in [0.5, 0.6) is 0 Å². The number of nitrogens with one attached hydrogen (secondary N) is 2. The number of nitrogens with zero attached hydrogens (tertiary/aromatic N) is 1. The summed E-state index contributed by atoms with van der Waals surface area (Å²) in [6.45, 7) is 0.649. The lowest BCUT2D eigenvalue weighted by Crippen LogP contribution is -2.17. The third-order valence-electron chi connectivity index (χ3n) is 3.64. The predicted molar refractivity (Wildman–Crippen MR) is 99.6 cm³/mol. The van der Waals surface area contributed by atoms with Crippen LogP contribution in [-0.2, 0) is 11.3 Å². The van der Waals surface area contributed by atoms with E-state index in [-0.39, 0.29) is 11.6 Å². The zero-order valence-electron chi connectivity index (χ0n) is 13.2. The standard InChI is InChI=1S/C18H19N3O2S/c22-17(19-14-7-2-1-3-8-14)13-24-12-6-11-21-16-10-5-4-9-15(16)20-18(21)23/h1-5,7-10H,6,11-13H2,(H,19,22)(H,20,23). The highest BCUT2D eigenvalue weighted by molar-refractivity contribution is 7.99. The molecule has 0 unspecified atom stereocenters. The molecule has 0 bridgehead atoms. The van der Waals surface area contributed by atoms with Crippen LogP contribution in [0.15, 0.2) is 59.4 Å². The Balaban J connectivity index is 1.43. The largest absolute Gasteiger partial charge is 0.326 e. The van der Waals surface area contributed by atoms with Gasteiger partial charge in [-0.1, -0.05) is 30.3 Å². The first-order valence-corrected chi connectivity index (χ1v) is 9.00. The molecule has 24 heavy (non-hydrogen) atoms. The van der Waals surface area contributed by atoms with Crippen molar-refractivity contribution < 1.29 is 4.79 Å². The summed E-state index contributed by atoms with van der Waals surface area (Å²) in [4.78, 5) is 26.6. The van der Waals surface area contributed by atoms with Crippen molar-refractivity contribution in [3.8, 4) is 0 Å². The minimum absolute atomic E-state index is 0.00420. The van der Waals surface area contributed by atoms with Gasteiger partial charge in [0, 0.05) is 12.2 Å². The molecule has 0 fully saturated rings. The number of hydrogen-bond donors (Lipinski definition) is 2. The smallest absolute Gasteiger partial charge is 0.325 e. The molecule has 2 N–H and O–H groups in total. The van der Waals surface area contributed by atoms with Crippen molar-refractivity contribution in [2.75, 3.05) is 16.8 Å². The van der Waals surface area contributed by atoms with Crippen LogP contribution in [0.25, 0.3) is 11.0 Å². The van der Waals surface area contributed by atoms with Crippen LogP contribution in [0, 0.1) is 0 Å². The van der Waals surface area contributed by atoms with Gasteiger partial charge in [-0.2, -0.15) is 11.8 Å². The zero-order valence-corrected chi connectivity index (χ0v) is 14.0. The maximum atomic E-state index is 12.0. The molecule has 0 saturated heterocycles. The van der Waals surface area contributed by atoms with Crippen LogP contribution < -0.4 is 11.0 Å². The fraction of sp³-hybridized carbons (Fsp3) is 0.222. The number of amides is 1. The van der Waals surface area contributed by atoms with Gasteiger partial charge in [-0.3, -0.25) is 9.36 Å². The molecule has 0 aliphatic rings. The molecule has 3 rings (SSSR count). The topological polar surface area (TPSA) is 66.9 Å². The molecule has 1 amide bonds. The molecule has 0 radical (unpaired) electrons. The molecule has 2 aromatic carbocycles. The maximum Gasteiger partial charge on any atom is 0.326 e. The molecular formula is C18H19N3O2S. The number of thioether (sulfide) groups is 1. The summed E-state index contributed by atoms with van der Waals surface area (Å²) in [5.74, 6) is 1.24. The van der Waals surface area contributed by atoms with Gasteiger partial charge in [-0.05, 0) is 36.4 Å². The van der Waals surface area contributed by atoms with Crippen molar-refractivity contribution in [1.29, 1.82) is 0 Å². The van der Waals surface area contributed by atoms with Gasteiger partial charge in [-0.15, -0.1) is 0 Å². The Kier molecular flexibility index (Phi) is 5.38. The van der Waals surface area contributed by atoms with Crippen molar-refractivity contribution in [2.45, 2.75) is 13.0 Å². The van der Waals surface area contributed by atoms with Gasteiger partial charge >= 0.3 is 5.69 Å². The molecule has 0 aliphatic carbocycles. The molecule has 124 valence electrons. The van der Waals surface area contributed by atoms with E-state index in [0.29, 0.717) is 12.3 Å². The molecule has 0 atom stereocenters. The monoisotopic (exact) mass is 341 g/mol. The Hall–Kier alpha value is -2.47.